The number of ether oxygens (including phenoxy) is 1. The van der Waals surface area contributed by atoms with Crippen LogP contribution in [0.3, 0.4) is 0 Å². The molecular weight excluding hydrogens is 422 g/mol. The molecule has 0 radical (unpaired) electrons. The Balaban J connectivity index is 1.43. The molecule has 1 aliphatic heterocycles. The summed E-state index contributed by atoms with van der Waals surface area (Å²) in [5, 5.41) is 6.28. The Morgan fingerprint density at radius 3 is 2.63 bits per heavy atom. The largest absolute Gasteiger partial charge is 0.489 e. The minimum absolute atomic E-state index is 0.132. The second-order valence-electron chi connectivity index (χ2n) is 6.54. The van der Waals surface area contributed by atoms with E-state index in [1.807, 2.05) is 36.5 Å². The molecule has 1 aliphatic rings. The monoisotopic (exact) mass is 439 g/mol. The van der Waals surface area contributed by atoms with Crippen LogP contribution in [-0.2, 0) is 10.0 Å². The number of hydrogen-bond donors (Lipinski definition) is 1. The molecule has 0 bridgehead atoms. The Labute approximate surface area is 177 Å². The third-order valence-corrected chi connectivity index (χ3v) is 6.84. The molecule has 0 unspecified atom stereocenters. The highest BCUT2D eigenvalue weighted by molar-refractivity contribution is 7.93. The molecule has 30 heavy (non-hydrogen) atoms. The summed E-state index contributed by atoms with van der Waals surface area (Å²) in [6.07, 6.45) is 5.18. The second kappa shape index (κ2) is 7.47. The van der Waals surface area contributed by atoms with Gasteiger partial charge in [0.25, 0.3) is 10.0 Å². The van der Waals surface area contributed by atoms with Crippen molar-refractivity contribution < 1.29 is 13.2 Å². The van der Waals surface area contributed by atoms with Crippen molar-refractivity contribution in [3.63, 3.8) is 0 Å². The number of anilines is 3. The molecule has 0 amide bonds. The number of rotatable bonds is 5. The Morgan fingerprint density at radius 2 is 1.90 bits per heavy atom. The number of aromatic nitrogens is 3. The fourth-order valence-electron chi connectivity index (χ4n) is 3.29. The quantitative estimate of drug-likeness (QED) is 0.511. The molecule has 4 aromatic rings. The zero-order chi connectivity index (χ0) is 20.6. The van der Waals surface area contributed by atoms with E-state index in [1.165, 1.54) is 11.3 Å². The van der Waals surface area contributed by atoms with Gasteiger partial charge in [-0.1, -0.05) is 0 Å². The van der Waals surface area contributed by atoms with Gasteiger partial charge in [0, 0.05) is 35.7 Å². The van der Waals surface area contributed by atoms with E-state index in [9.17, 15) is 8.42 Å². The van der Waals surface area contributed by atoms with Gasteiger partial charge in [-0.2, -0.15) is 5.10 Å². The van der Waals surface area contributed by atoms with Crippen LogP contribution in [0.1, 0.15) is 0 Å². The van der Waals surface area contributed by atoms with Crippen molar-refractivity contribution in [3.05, 3.63) is 72.5 Å². The van der Waals surface area contributed by atoms with Crippen molar-refractivity contribution >= 4 is 37.9 Å². The first-order chi connectivity index (χ1) is 14.6. The predicted molar refractivity (Wildman–Crippen MR) is 115 cm³/mol. The fourth-order valence-corrected chi connectivity index (χ4v) is 5.09. The molecule has 2 aromatic heterocycles. The Bertz CT molecular complexity index is 1250. The first-order valence-corrected chi connectivity index (χ1v) is 11.5. The van der Waals surface area contributed by atoms with Gasteiger partial charge in [-0.05, 0) is 42.5 Å². The van der Waals surface area contributed by atoms with Crippen LogP contribution in [0.25, 0.3) is 5.69 Å². The molecule has 0 aliphatic carbocycles. The van der Waals surface area contributed by atoms with Gasteiger partial charge in [0.1, 0.15) is 12.4 Å². The van der Waals surface area contributed by atoms with Crippen LogP contribution in [-0.4, -0.2) is 36.3 Å². The van der Waals surface area contributed by atoms with E-state index < -0.39 is 10.0 Å². The molecule has 5 rings (SSSR count). The van der Waals surface area contributed by atoms with Crippen LogP contribution in [0.15, 0.2) is 77.4 Å². The number of sulfonamides is 1. The molecule has 8 nitrogen and oxygen atoms in total. The van der Waals surface area contributed by atoms with Crippen LogP contribution in [0.2, 0.25) is 0 Å². The highest BCUT2D eigenvalue weighted by Crippen LogP contribution is 2.38. The molecule has 0 spiro atoms. The molecule has 10 heteroatoms. The van der Waals surface area contributed by atoms with E-state index in [1.54, 1.807) is 40.7 Å². The number of benzene rings is 2. The summed E-state index contributed by atoms with van der Waals surface area (Å²) in [4.78, 5) is 6.21. The maximum atomic E-state index is 12.7. The third-order valence-electron chi connectivity index (χ3n) is 4.69. The van der Waals surface area contributed by atoms with Gasteiger partial charge in [0.15, 0.2) is 5.13 Å². The van der Waals surface area contributed by atoms with E-state index in [2.05, 4.69) is 19.7 Å². The summed E-state index contributed by atoms with van der Waals surface area (Å²) in [5.74, 6) is 0.527. The van der Waals surface area contributed by atoms with E-state index >= 15 is 0 Å². The number of nitrogens with zero attached hydrogens (tertiary/aromatic N) is 4. The van der Waals surface area contributed by atoms with Crippen molar-refractivity contribution in [1.29, 1.82) is 0 Å². The molecular formula is C20H17N5O3S2. The fraction of sp³-hybridized carbons (Fsp3) is 0.100. The topological polar surface area (TPSA) is 89.4 Å². The van der Waals surface area contributed by atoms with E-state index in [0.717, 1.165) is 17.1 Å². The summed E-state index contributed by atoms with van der Waals surface area (Å²) in [6.45, 7) is 1.12. The van der Waals surface area contributed by atoms with Crippen LogP contribution in [0.4, 0.5) is 16.5 Å². The molecule has 2 aromatic carbocycles. The lowest BCUT2D eigenvalue weighted by molar-refractivity contribution is 0.313. The lowest BCUT2D eigenvalue weighted by Crippen LogP contribution is -2.28. The van der Waals surface area contributed by atoms with Crippen LogP contribution in [0, 0.1) is 0 Å². The highest BCUT2D eigenvalue weighted by Gasteiger charge is 2.23. The molecule has 3 heterocycles. The summed E-state index contributed by atoms with van der Waals surface area (Å²) in [5.41, 5.74) is 2.78. The molecule has 0 atom stereocenters. The second-order valence-corrected chi connectivity index (χ2v) is 9.12. The van der Waals surface area contributed by atoms with Crippen LogP contribution < -0.4 is 14.4 Å². The van der Waals surface area contributed by atoms with Gasteiger partial charge < -0.3 is 9.64 Å². The van der Waals surface area contributed by atoms with Gasteiger partial charge in [-0.15, -0.1) is 11.3 Å². The standard InChI is InChI=1S/C20H17N5O3S2/c26-30(27,23-20-21-9-13-29-20)17-6-7-18-19(14-17)28-12-11-24(18)15-2-4-16(5-3-15)25-10-1-8-22-25/h1-10,13-14H,11-12H2,(H,21,23). The van der Waals surface area contributed by atoms with Gasteiger partial charge in [-0.3, -0.25) is 4.72 Å². The van der Waals surface area contributed by atoms with Crippen molar-refractivity contribution in [2.45, 2.75) is 4.90 Å². The summed E-state index contributed by atoms with van der Waals surface area (Å²) >= 11 is 1.22. The lowest BCUT2D eigenvalue weighted by atomic mass is 10.2. The van der Waals surface area contributed by atoms with Gasteiger partial charge in [0.2, 0.25) is 0 Å². The number of hydrogen-bond acceptors (Lipinski definition) is 7. The highest BCUT2D eigenvalue weighted by atomic mass is 32.2. The minimum atomic E-state index is -3.74. The number of nitrogens with one attached hydrogen (secondary N) is 1. The number of fused-ring (bicyclic) bond motifs is 1. The molecule has 0 fully saturated rings. The first kappa shape index (κ1) is 18.6. The Kier molecular flexibility index (Phi) is 4.64. The van der Waals surface area contributed by atoms with Crippen LogP contribution in [0.5, 0.6) is 5.75 Å². The van der Waals surface area contributed by atoms with Gasteiger partial charge >= 0.3 is 0 Å². The molecule has 152 valence electrons. The summed E-state index contributed by atoms with van der Waals surface area (Å²) in [6, 6.07) is 14.8. The smallest absolute Gasteiger partial charge is 0.263 e. The molecule has 0 saturated carbocycles. The average Bonchev–Trinajstić information content (AvgIpc) is 3.47. The average molecular weight is 440 g/mol. The SMILES string of the molecule is O=S(=O)(Nc1nccs1)c1ccc2c(c1)OCCN2c1ccc(-n2cccn2)cc1. The van der Waals surface area contributed by atoms with E-state index in [0.29, 0.717) is 24.0 Å². The molecule has 1 N–H and O–H groups in total. The van der Waals surface area contributed by atoms with Gasteiger partial charge in [-0.25, -0.2) is 18.1 Å². The summed E-state index contributed by atoms with van der Waals surface area (Å²) in [7, 11) is -3.74. The third kappa shape index (κ3) is 3.51. The minimum Gasteiger partial charge on any atom is -0.489 e. The first-order valence-electron chi connectivity index (χ1n) is 9.17. The number of thiazole rings is 1. The van der Waals surface area contributed by atoms with E-state index in [-0.39, 0.29) is 4.90 Å². The molecule has 0 saturated heterocycles. The maximum Gasteiger partial charge on any atom is 0.263 e. The lowest BCUT2D eigenvalue weighted by Gasteiger charge is -2.31. The zero-order valence-electron chi connectivity index (χ0n) is 15.7. The Morgan fingerprint density at radius 1 is 1.07 bits per heavy atom. The zero-order valence-corrected chi connectivity index (χ0v) is 17.3. The van der Waals surface area contributed by atoms with Crippen LogP contribution >= 0.6 is 11.3 Å². The van der Waals surface area contributed by atoms with Crippen molar-refractivity contribution in [1.82, 2.24) is 14.8 Å². The normalized spacial score (nSPS) is 13.5. The summed E-state index contributed by atoms with van der Waals surface area (Å²) < 4.78 is 35.4. The van der Waals surface area contributed by atoms with Crippen molar-refractivity contribution in [2.24, 2.45) is 0 Å². The van der Waals surface area contributed by atoms with E-state index in [4.69, 9.17) is 4.74 Å². The van der Waals surface area contributed by atoms with Gasteiger partial charge in [0.05, 0.1) is 22.8 Å². The van der Waals surface area contributed by atoms with Crippen molar-refractivity contribution in [2.75, 3.05) is 22.8 Å². The predicted octanol–water partition coefficient (Wildman–Crippen LogP) is 3.66. The maximum absolute atomic E-state index is 12.7. The van der Waals surface area contributed by atoms with Crippen molar-refractivity contribution in [3.8, 4) is 11.4 Å². The Hall–Kier alpha value is -3.37.